The summed E-state index contributed by atoms with van der Waals surface area (Å²) in [7, 11) is 0. The molecule has 0 aliphatic carbocycles. The van der Waals surface area contributed by atoms with Gasteiger partial charge in [-0.3, -0.25) is 4.79 Å². The molecule has 0 saturated heterocycles. The summed E-state index contributed by atoms with van der Waals surface area (Å²) in [5.74, 6) is -0.316. The van der Waals surface area contributed by atoms with E-state index in [0.29, 0.717) is 18.8 Å². The zero-order valence-electron chi connectivity index (χ0n) is 11.7. The van der Waals surface area contributed by atoms with E-state index in [0.717, 1.165) is 5.56 Å². The second-order valence-electron chi connectivity index (χ2n) is 4.97. The molecule has 112 valence electrons. The highest BCUT2D eigenvalue weighted by molar-refractivity contribution is 5.85. The number of hydrogen-bond donors (Lipinski definition) is 3. The van der Waals surface area contributed by atoms with Crippen LogP contribution in [0.5, 0.6) is 11.5 Å². The molecular formula is C17H15NO4. The van der Waals surface area contributed by atoms with Gasteiger partial charge >= 0.3 is 0 Å². The Kier molecular flexibility index (Phi) is 3.80. The molecular weight excluding hydrogens is 282 g/mol. The Morgan fingerprint density at radius 3 is 2.55 bits per heavy atom. The van der Waals surface area contributed by atoms with E-state index in [-0.39, 0.29) is 22.1 Å². The van der Waals surface area contributed by atoms with Crippen LogP contribution in [0.2, 0.25) is 0 Å². The molecule has 0 amide bonds. The molecule has 3 aromatic rings. The normalized spacial score (nSPS) is 10.9. The third-order valence-electron chi connectivity index (χ3n) is 3.37. The summed E-state index contributed by atoms with van der Waals surface area (Å²) in [5, 5.41) is 22.3. The van der Waals surface area contributed by atoms with Crippen LogP contribution in [-0.2, 0) is 13.1 Å². The van der Waals surface area contributed by atoms with E-state index in [1.54, 1.807) is 0 Å². The van der Waals surface area contributed by atoms with Gasteiger partial charge in [0.05, 0.1) is 6.54 Å². The van der Waals surface area contributed by atoms with Gasteiger partial charge in [0.1, 0.15) is 16.7 Å². The lowest BCUT2D eigenvalue weighted by Gasteiger charge is -2.07. The molecule has 3 rings (SSSR count). The van der Waals surface area contributed by atoms with E-state index >= 15 is 0 Å². The standard InChI is InChI=1S/C17H15NO4/c19-13-6-7-15-16(17(13)21)14(20)8-12(22-15)10-18-9-11-4-2-1-3-5-11/h1-8,18-19,21H,9-10H2. The number of benzene rings is 2. The van der Waals surface area contributed by atoms with Crippen LogP contribution < -0.4 is 10.7 Å². The molecule has 0 aliphatic heterocycles. The summed E-state index contributed by atoms with van der Waals surface area (Å²) < 4.78 is 5.58. The fourth-order valence-electron chi connectivity index (χ4n) is 2.29. The Balaban J connectivity index is 1.81. The Labute approximate surface area is 126 Å². The predicted molar refractivity (Wildman–Crippen MR) is 82.8 cm³/mol. The molecule has 0 atom stereocenters. The van der Waals surface area contributed by atoms with Crippen molar-refractivity contribution in [2.45, 2.75) is 13.1 Å². The van der Waals surface area contributed by atoms with Crippen molar-refractivity contribution in [3.05, 3.63) is 70.1 Å². The van der Waals surface area contributed by atoms with Gasteiger partial charge in [-0.05, 0) is 17.7 Å². The van der Waals surface area contributed by atoms with Gasteiger partial charge in [0.15, 0.2) is 16.9 Å². The molecule has 5 nitrogen and oxygen atoms in total. The van der Waals surface area contributed by atoms with E-state index in [9.17, 15) is 15.0 Å². The number of phenols is 2. The number of aromatic hydroxyl groups is 2. The van der Waals surface area contributed by atoms with Crippen LogP contribution in [0.15, 0.2) is 57.7 Å². The average Bonchev–Trinajstić information content (AvgIpc) is 2.52. The first-order valence-corrected chi connectivity index (χ1v) is 6.87. The van der Waals surface area contributed by atoms with Crippen LogP contribution in [-0.4, -0.2) is 10.2 Å². The number of rotatable bonds is 4. The molecule has 22 heavy (non-hydrogen) atoms. The summed E-state index contributed by atoms with van der Waals surface area (Å²) in [6.45, 7) is 1.05. The van der Waals surface area contributed by atoms with Gasteiger partial charge in [-0.15, -0.1) is 0 Å². The fraction of sp³-hybridized carbons (Fsp3) is 0.118. The predicted octanol–water partition coefficient (Wildman–Crippen LogP) is 2.49. The second kappa shape index (κ2) is 5.91. The Hall–Kier alpha value is -2.79. The van der Waals surface area contributed by atoms with Crippen LogP contribution >= 0.6 is 0 Å². The second-order valence-corrected chi connectivity index (χ2v) is 4.97. The molecule has 0 saturated carbocycles. The van der Waals surface area contributed by atoms with Crippen molar-refractivity contribution in [1.29, 1.82) is 0 Å². The van der Waals surface area contributed by atoms with Crippen molar-refractivity contribution < 1.29 is 14.6 Å². The number of fused-ring (bicyclic) bond motifs is 1. The molecule has 0 aliphatic rings. The SMILES string of the molecule is O=c1cc(CNCc2ccccc2)oc2ccc(O)c(O)c12. The summed E-state index contributed by atoms with van der Waals surface area (Å²) in [5.41, 5.74) is 0.999. The maximum absolute atomic E-state index is 12.0. The van der Waals surface area contributed by atoms with Gasteiger partial charge in [-0.25, -0.2) is 0 Å². The van der Waals surface area contributed by atoms with Gasteiger partial charge in [0, 0.05) is 12.6 Å². The molecule has 0 bridgehead atoms. The first kappa shape index (κ1) is 14.2. The Morgan fingerprint density at radius 1 is 1.00 bits per heavy atom. The molecule has 2 aromatic carbocycles. The summed E-state index contributed by atoms with van der Waals surface area (Å²) in [6.07, 6.45) is 0. The van der Waals surface area contributed by atoms with Gasteiger partial charge < -0.3 is 19.9 Å². The van der Waals surface area contributed by atoms with Crippen molar-refractivity contribution in [1.82, 2.24) is 5.32 Å². The molecule has 0 spiro atoms. The highest BCUT2D eigenvalue weighted by atomic mass is 16.3. The van der Waals surface area contributed by atoms with Gasteiger partial charge in [0.25, 0.3) is 0 Å². The Morgan fingerprint density at radius 2 is 1.77 bits per heavy atom. The zero-order valence-corrected chi connectivity index (χ0v) is 11.7. The smallest absolute Gasteiger partial charge is 0.196 e. The van der Waals surface area contributed by atoms with E-state index in [1.807, 2.05) is 30.3 Å². The molecule has 0 unspecified atom stereocenters. The lowest BCUT2D eigenvalue weighted by Crippen LogP contribution is -2.14. The van der Waals surface area contributed by atoms with E-state index < -0.39 is 5.75 Å². The largest absolute Gasteiger partial charge is 0.504 e. The number of hydrogen-bond acceptors (Lipinski definition) is 5. The van der Waals surface area contributed by atoms with Gasteiger partial charge in [0.2, 0.25) is 0 Å². The van der Waals surface area contributed by atoms with Gasteiger partial charge in [-0.2, -0.15) is 0 Å². The molecule has 0 radical (unpaired) electrons. The van der Waals surface area contributed by atoms with E-state index in [1.165, 1.54) is 18.2 Å². The topological polar surface area (TPSA) is 82.7 Å². The minimum absolute atomic E-state index is 0.00758. The minimum atomic E-state index is -0.449. The van der Waals surface area contributed by atoms with Crippen LogP contribution in [0.3, 0.4) is 0 Å². The number of nitrogens with one attached hydrogen (secondary N) is 1. The van der Waals surface area contributed by atoms with Crippen LogP contribution in [0.4, 0.5) is 0 Å². The fourth-order valence-corrected chi connectivity index (χ4v) is 2.29. The van der Waals surface area contributed by atoms with Crippen molar-refractivity contribution in [2.24, 2.45) is 0 Å². The third-order valence-corrected chi connectivity index (χ3v) is 3.37. The highest BCUT2D eigenvalue weighted by Crippen LogP contribution is 2.31. The summed E-state index contributed by atoms with van der Waals surface area (Å²) in [4.78, 5) is 12.0. The lowest BCUT2D eigenvalue weighted by atomic mass is 10.2. The molecule has 1 heterocycles. The maximum Gasteiger partial charge on any atom is 0.196 e. The first-order valence-electron chi connectivity index (χ1n) is 6.87. The maximum atomic E-state index is 12.0. The monoisotopic (exact) mass is 297 g/mol. The van der Waals surface area contributed by atoms with Crippen molar-refractivity contribution in [2.75, 3.05) is 0 Å². The van der Waals surface area contributed by atoms with Crippen molar-refractivity contribution in [3.63, 3.8) is 0 Å². The van der Waals surface area contributed by atoms with Crippen LogP contribution in [0.1, 0.15) is 11.3 Å². The summed E-state index contributed by atoms with van der Waals surface area (Å²) >= 11 is 0. The van der Waals surface area contributed by atoms with Gasteiger partial charge in [-0.1, -0.05) is 30.3 Å². The van der Waals surface area contributed by atoms with Crippen LogP contribution in [0, 0.1) is 0 Å². The quantitative estimate of drug-likeness (QED) is 0.644. The van der Waals surface area contributed by atoms with Crippen LogP contribution in [0.25, 0.3) is 11.0 Å². The average molecular weight is 297 g/mol. The lowest BCUT2D eigenvalue weighted by molar-refractivity contribution is 0.406. The highest BCUT2D eigenvalue weighted by Gasteiger charge is 2.12. The van der Waals surface area contributed by atoms with E-state index in [2.05, 4.69) is 5.32 Å². The van der Waals surface area contributed by atoms with E-state index in [4.69, 9.17) is 4.42 Å². The minimum Gasteiger partial charge on any atom is -0.504 e. The third kappa shape index (κ3) is 2.80. The molecule has 3 N–H and O–H groups in total. The molecule has 1 aromatic heterocycles. The molecule has 5 heteroatoms. The van der Waals surface area contributed by atoms with Crippen molar-refractivity contribution in [3.8, 4) is 11.5 Å². The Bertz CT molecular complexity index is 856. The molecule has 0 fully saturated rings. The first-order chi connectivity index (χ1) is 10.6. The van der Waals surface area contributed by atoms with Crippen molar-refractivity contribution >= 4 is 11.0 Å². The zero-order chi connectivity index (χ0) is 15.5. The number of phenolic OH excluding ortho intramolecular Hbond substituents is 2. The summed E-state index contributed by atoms with van der Waals surface area (Å²) in [6, 6.07) is 14.0.